The summed E-state index contributed by atoms with van der Waals surface area (Å²) in [7, 11) is -4.65. The number of ketones is 1. The fourth-order valence-electron chi connectivity index (χ4n) is 3.36. The largest absolute Gasteiger partial charge is 0.371 e. The van der Waals surface area contributed by atoms with E-state index in [1.807, 2.05) is 4.90 Å². The summed E-state index contributed by atoms with van der Waals surface area (Å²) in [5, 5.41) is 16.5. The van der Waals surface area contributed by atoms with E-state index in [0.29, 0.717) is 5.69 Å². The van der Waals surface area contributed by atoms with Gasteiger partial charge < -0.3 is 10.0 Å². The highest BCUT2D eigenvalue weighted by Crippen LogP contribution is 2.37. The zero-order chi connectivity index (χ0) is 18.8. The number of carbonyl (C=O) groups excluding carboxylic acids is 1. The molecule has 1 aliphatic rings. The molecule has 1 heterocycles. The van der Waals surface area contributed by atoms with Crippen molar-refractivity contribution < 1.29 is 18.3 Å². The number of carbonyl (C=O) groups is 1. The Hall–Kier alpha value is -2.22. The van der Waals surface area contributed by atoms with Gasteiger partial charge in [0.25, 0.3) is 15.0 Å². The first-order chi connectivity index (χ1) is 12.4. The number of primary sulfonamides is 1. The zero-order valence-electron chi connectivity index (χ0n) is 14.3. The molecule has 0 saturated carbocycles. The lowest BCUT2D eigenvalue weighted by atomic mass is 9.96. The minimum atomic E-state index is -4.65. The first-order valence-corrected chi connectivity index (χ1v) is 10.1. The molecule has 26 heavy (non-hydrogen) atoms. The van der Waals surface area contributed by atoms with E-state index in [4.69, 9.17) is 5.14 Å². The molecular weight excluding hydrogens is 352 g/mol. The summed E-state index contributed by atoms with van der Waals surface area (Å²) in [4.78, 5) is 12.2. The Labute approximate surface area is 153 Å². The van der Waals surface area contributed by atoms with Gasteiger partial charge >= 0.3 is 0 Å². The van der Waals surface area contributed by atoms with Crippen molar-refractivity contribution in [2.75, 3.05) is 18.0 Å². The fraction of sp³-hybridized carbons (Fsp3) is 0.316. The monoisotopic (exact) mass is 374 g/mol. The Balaban J connectivity index is 2.17. The molecule has 1 aliphatic heterocycles. The van der Waals surface area contributed by atoms with Gasteiger partial charge in [-0.1, -0.05) is 48.5 Å². The number of nitrogens with two attached hydrogens (primary N) is 1. The SMILES string of the molecule is NS(=O)(=O)C(O)(C(=O)c1ccccc1)c1ccccc1N1CCCCC1. The van der Waals surface area contributed by atoms with Crippen molar-refractivity contribution in [2.24, 2.45) is 5.14 Å². The lowest BCUT2D eigenvalue weighted by molar-refractivity contribution is 0.0630. The maximum Gasteiger partial charge on any atom is 0.271 e. The molecule has 0 spiro atoms. The van der Waals surface area contributed by atoms with Gasteiger partial charge in [-0.3, -0.25) is 4.79 Å². The van der Waals surface area contributed by atoms with Crippen LogP contribution in [0.2, 0.25) is 0 Å². The molecule has 7 heteroatoms. The number of piperidine rings is 1. The molecule has 0 aliphatic carbocycles. The number of anilines is 1. The van der Waals surface area contributed by atoms with E-state index in [1.54, 1.807) is 36.4 Å². The molecule has 6 nitrogen and oxygen atoms in total. The predicted molar refractivity (Wildman–Crippen MR) is 100 cm³/mol. The summed E-state index contributed by atoms with van der Waals surface area (Å²) in [5.74, 6) is -0.954. The summed E-state index contributed by atoms with van der Waals surface area (Å²) in [5.41, 5.74) is 0.601. The number of hydrogen-bond acceptors (Lipinski definition) is 5. The Morgan fingerprint density at radius 1 is 0.962 bits per heavy atom. The Morgan fingerprint density at radius 2 is 1.54 bits per heavy atom. The fourth-order valence-corrected chi connectivity index (χ4v) is 4.22. The molecule has 1 unspecified atom stereocenters. The Bertz CT molecular complexity index is 893. The number of para-hydroxylation sites is 1. The molecule has 0 amide bonds. The number of benzene rings is 2. The van der Waals surface area contributed by atoms with Gasteiger partial charge in [-0.25, -0.2) is 13.6 Å². The first-order valence-electron chi connectivity index (χ1n) is 8.54. The van der Waals surface area contributed by atoms with Gasteiger partial charge in [0.2, 0.25) is 5.78 Å². The Kier molecular flexibility index (Phi) is 5.13. The number of aliphatic hydroxyl groups is 1. The van der Waals surface area contributed by atoms with Gasteiger partial charge in [-0.15, -0.1) is 0 Å². The van der Waals surface area contributed by atoms with Gasteiger partial charge in [0.15, 0.2) is 0 Å². The summed E-state index contributed by atoms with van der Waals surface area (Å²) >= 11 is 0. The van der Waals surface area contributed by atoms with E-state index in [9.17, 15) is 18.3 Å². The summed E-state index contributed by atoms with van der Waals surface area (Å²) in [6.45, 7) is 1.47. The van der Waals surface area contributed by atoms with E-state index < -0.39 is 20.7 Å². The normalized spacial score (nSPS) is 17.5. The van der Waals surface area contributed by atoms with Crippen LogP contribution in [0.3, 0.4) is 0 Å². The molecular formula is C19H22N2O4S. The molecule has 2 aromatic rings. The molecule has 3 rings (SSSR count). The minimum absolute atomic E-state index is 0.00162. The van der Waals surface area contributed by atoms with Crippen LogP contribution in [0.1, 0.15) is 35.2 Å². The van der Waals surface area contributed by atoms with Crippen molar-refractivity contribution >= 4 is 21.5 Å². The van der Waals surface area contributed by atoms with Crippen LogP contribution in [0.4, 0.5) is 5.69 Å². The highest BCUT2D eigenvalue weighted by molar-refractivity contribution is 7.90. The van der Waals surface area contributed by atoms with Crippen molar-refractivity contribution in [1.29, 1.82) is 0 Å². The standard InChI is InChI=1S/C19H22N2O4S/c20-26(24,25)19(23,18(22)15-9-3-1-4-10-15)16-11-5-6-12-17(16)21-13-7-2-8-14-21/h1,3-6,9-12,23H,2,7-8,13-14H2,(H2,20,24,25). The third-order valence-electron chi connectivity index (χ3n) is 4.72. The molecule has 2 aromatic carbocycles. The summed E-state index contributed by atoms with van der Waals surface area (Å²) < 4.78 is 24.8. The highest BCUT2D eigenvalue weighted by atomic mass is 32.2. The van der Waals surface area contributed by atoms with Gasteiger partial charge in [-0.05, 0) is 25.3 Å². The third kappa shape index (κ3) is 3.25. The van der Waals surface area contributed by atoms with Crippen LogP contribution >= 0.6 is 0 Å². The molecule has 3 N–H and O–H groups in total. The first kappa shape index (κ1) is 18.6. The minimum Gasteiger partial charge on any atom is -0.371 e. The number of nitrogens with zero attached hydrogens (tertiary/aromatic N) is 1. The van der Waals surface area contributed by atoms with Crippen LogP contribution in [-0.4, -0.2) is 32.4 Å². The average molecular weight is 374 g/mol. The number of hydrogen-bond donors (Lipinski definition) is 2. The lowest BCUT2D eigenvalue weighted by Gasteiger charge is -2.34. The number of sulfonamides is 1. The highest BCUT2D eigenvalue weighted by Gasteiger charge is 2.51. The molecule has 138 valence electrons. The van der Waals surface area contributed by atoms with E-state index >= 15 is 0 Å². The molecule has 1 fully saturated rings. The van der Waals surface area contributed by atoms with Crippen LogP contribution in [0.15, 0.2) is 54.6 Å². The van der Waals surface area contributed by atoms with E-state index in [1.165, 1.54) is 18.2 Å². The second-order valence-corrected chi connectivity index (χ2v) is 8.13. The third-order valence-corrected chi connectivity index (χ3v) is 5.95. The maximum atomic E-state index is 13.0. The van der Waals surface area contributed by atoms with Gasteiger partial charge in [-0.2, -0.15) is 0 Å². The van der Waals surface area contributed by atoms with Gasteiger partial charge in [0, 0.05) is 29.9 Å². The molecule has 0 bridgehead atoms. The predicted octanol–water partition coefficient (Wildman–Crippen LogP) is 1.99. The maximum absolute atomic E-state index is 13.0. The van der Waals surface area contributed by atoms with E-state index in [-0.39, 0.29) is 11.1 Å². The van der Waals surface area contributed by atoms with Crippen LogP contribution in [-0.2, 0) is 15.0 Å². The van der Waals surface area contributed by atoms with Crippen molar-refractivity contribution in [3.05, 3.63) is 65.7 Å². The quantitative estimate of drug-likeness (QED) is 0.780. The smallest absolute Gasteiger partial charge is 0.271 e. The van der Waals surface area contributed by atoms with Crippen molar-refractivity contribution in [1.82, 2.24) is 0 Å². The summed E-state index contributed by atoms with van der Waals surface area (Å²) in [6, 6.07) is 14.4. The van der Waals surface area contributed by atoms with Gasteiger partial charge in [0.05, 0.1) is 0 Å². The Morgan fingerprint density at radius 3 is 2.15 bits per heavy atom. The molecule has 0 aromatic heterocycles. The lowest BCUT2D eigenvalue weighted by Crippen LogP contribution is -2.48. The van der Waals surface area contributed by atoms with Crippen LogP contribution in [0, 0.1) is 0 Å². The second kappa shape index (κ2) is 7.19. The van der Waals surface area contributed by atoms with Crippen molar-refractivity contribution in [2.45, 2.75) is 24.2 Å². The molecule has 0 radical (unpaired) electrons. The average Bonchev–Trinajstić information content (AvgIpc) is 2.67. The summed E-state index contributed by atoms with van der Waals surface area (Å²) in [6.07, 6.45) is 3.03. The van der Waals surface area contributed by atoms with Crippen LogP contribution < -0.4 is 10.0 Å². The topological polar surface area (TPSA) is 101 Å². The second-order valence-electron chi connectivity index (χ2n) is 6.45. The van der Waals surface area contributed by atoms with Crippen LogP contribution in [0.5, 0.6) is 0 Å². The van der Waals surface area contributed by atoms with Crippen molar-refractivity contribution in [3.63, 3.8) is 0 Å². The molecule has 1 saturated heterocycles. The van der Waals surface area contributed by atoms with E-state index in [0.717, 1.165) is 32.4 Å². The van der Waals surface area contributed by atoms with E-state index in [2.05, 4.69) is 0 Å². The zero-order valence-corrected chi connectivity index (χ0v) is 15.2. The van der Waals surface area contributed by atoms with Crippen molar-refractivity contribution in [3.8, 4) is 0 Å². The number of Topliss-reactive ketones (excluding diaryl/α,β-unsaturated/α-hetero) is 1. The van der Waals surface area contributed by atoms with Crippen LogP contribution in [0.25, 0.3) is 0 Å². The molecule has 1 atom stereocenters. The van der Waals surface area contributed by atoms with Gasteiger partial charge in [0.1, 0.15) is 0 Å². The number of rotatable bonds is 5.